The average molecular weight is 1010 g/mol. The number of sulfonamides is 1. The number of imide groups is 2. The lowest BCUT2D eigenvalue weighted by molar-refractivity contribution is -0.136. The SMILES string of the molecule is CS(=O)(=O)N1CCC(C(=O)N[C@@H](COCc2ccc(C(=O)NCCCCS(=O)(=O)CCCNc3cccc4c3C(=O)N(C3CCC(=O)NC3=O)C4=O)cc2)C(=O)NC2NC(c3ccccc3)CS2)C1. The quantitative estimate of drug-likeness (QED) is 0.0611. The molecule has 370 valence electrons. The van der Waals surface area contributed by atoms with Crippen molar-refractivity contribution in [3.8, 4) is 0 Å². The molecule has 3 aromatic rings. The molecule has 0 radical (unpaired) electrons. The first kappa shape index (κ1) is 51.1. The maximum atomic E-state index is 13.6. The predicted molar refractivity (Wildman–Crippen MR) is 256 cm³/mol. The number of nitrogens with zero attached hydrogens (tertiary/aromatic N) is 2. The van der Waals surface area contributed by atoms with E-state index in [4.69, 9.17) is 4.74 Å². The third-order valence-corrected chi connectivity index (χ3v) is 16.4. The molecule has 5 atom stereocenters. The fourth-order valence-electron chi connectivity index (χ4n) is 8.46. The van der Waals surface area contributed by atoms with E-state index in [0.717, 1.165) is 22.5 Å². The number of carbonyl (C=O) groups is 7. The first-order chi connectivity index (χ1) is 33.0. The second kappa shape index (κ2) is 22.8. The first-order valence-electron chi connectivity index (χ1n) is 22.7. The van der Waals surface area contributed by atoms with Crippen LogP contribution in [0.3, 0.4) is 0 Å². The molecule has 4 unspecified atom stereocenters. The van der Waals surface area contributed by atoms with E-state index in [1.54, 1.807) is 36.4 Å². The number of hydrogen-bond donors (Lipinski definition) is 6. The van der Waals surface area contributed by atoms with Gasteiger partial charge in [-0.3, -0.25) is 49.1 Å². The van der Waals surface area contributed by atoms with Crippen molar-refractivity contribution >= 4 is 78.7 Å². The molecule has 20 nitrogen and oxygen atoms in total. The summed E-state index contributed by atoms with van der Waals surface area (Å²) in [5.41, 5.74) is 2.29. The highest BCUT2D eigenvalue weighted by Gasteiger charge is 2.45. The number of nitrogens with one attached hydrogen (secondary N) is 6. The lowest BCUT2D eigenvalue weighted by Crippen LogP contribution is -2.54. The van der Waals surface area contributed by atoms with E-state index in [2.05, 4.69) is 31.9 Å². The first-order valence-corrected chi connectivity index (χ1v) is 27.4. The molecular formula is C46H56N8O12S3. The van der Waals surface area contributed by atoms with E-state index in [0.29, 0.717) is 36.1 Å². The number of carbonyl (C=O) groups excluding carboxylic acids is 7. The monoisotopic (exact) mass is 1010 g/mol. The molecule has 4 aliphatic heterocycles. The van der Waals surface area contributed by atoms with E-state index in [1.165, 1.54) is 22.1 Å². The molecule has 7 amide bonds. The number of hydrogen-bond acceptors (Lipinski definition) is 15. The van der Waals surface area contributed by atoms with Crippen LogP contribution in [0.25, 0.3) is 0 Å². The highest BCUT2D eigenvalue weighted by atomic mass is 32.2. The highest BCUT2D eigenvalue weighted by molar-refractivity contribution is 8.00. The van der Waals surface area contributed by atoms with Crippen molar-refractivity contribution in [1.29, 1.82) is 0 Å². The van der Waals surface area contributed by atoms with Gasteiger partial charge in [0.15, 0.2) is 0 Å². The summed E-state index contributed by atoms with van der Waals surface area (Å²) in [5, 5.41) is 17.1. The van der Waals surface area contributed by atoms with Crippen LogP contribution in [0, 0.1) is 5.92 Å². The Morgan fingerprint density at radius 1 is 0.870 bits per heavy atom. The van der Waals surface area contributed by atoms with Crippen molar-refractivity contribution in [3.05, 3.63) is 101 Å². The molecule has 3 aromatic carbocycles. The number of benzene rings is 3. The van der Waals surface area contributed by atoms with Crippen molar-refractivity contribution in [2.45, 2.75) is 68.8 Å². The second-order valence-corrected chi connectivity index (χ2v) is 22.7. The number of rotatable bonds is 22. The lowest BCUT2D eigenvalue weighted by atomic mass is 10.0. The van der Waals surface area contributed by atoms with Crippen LogP contribution in [0.1, 0.15) is 86.8 Å². The summed E-state index contributed by atoms with van der Waals surface area (Å²) >= 11 is 1.52. The molecule has 4 aliphatic rings. The van der Waals surface area contributed by atoms with Crippen LogP contribution in [0.2, 0.25) is 0 Å². The molecule has 3 saturated heterocycles. The maximum absolute atomic E-state index is 13.6. The summed E-state index contributed by atoms with van der Waals surface area (Å²) in [7, 11) is -6.92. The summed E-state index contributed by atoms with van der Waals surface area (Å²) in [5.74, 6) is -3.86. The van der Waals surface area contributed by atoms with Gasteiger partial charge in [-0.15, -0.1) is 11.8 Å². The molecule has 6 N–H and O–H groups in total. The average Bonchev–Trinajstić information content (AvgIpc) is 4.07. The summed E-state index contributed by atoms with van der Waals surface area (Å²) in [6.07, 6.45) is 2.39. The topological polar surface area (TPSA) is 276 Å². The number of piperidine rings is 1. The number of ether oxygens (including phenoxy) is 1. The van der Waals surface area contributed by atoms with E-state index >= 15 is 0 Å². The van der Waals surface area contributed by atoms with Crippen molar-refractivity contribution in [3.63, 3.8) is 0 Å². The smallest absolute Gasteiger partial charge is 0.264 e. The summed E-state index contributed by atoms with van der Waals surface area (Å²) in [6, 6.07) is 19.0. The molecule has 7 rings (SSSR count). The Kier molecular flexibility index (Phi) is 16.9. The molecule has 69 heavy (non-hydrogen) atoms. The van der Waals surface area contributed by atoms with Gasteiger partial charge in [0.2, 0.25) is 33.7 Å². The number of sulfone groups is 1. The van der Waals surface area contributed by atoms with Gasteiger partial charge in [0.1, 0.15) is 27.4 Å². The minimum atomic E-state index is -3.47. The zero-order chi connectivity index (χ0) is 49.3. The molecule has 0 spiro atoms. The third kappa shape index (κ3) is 13.3. The predicted octanol–water partition coefficient (Wildman–Crippen LogP) is 1.28. The Bertz CT molecular complexity index is 2660. The summed E-state index contributed by atoms with van der Waals surface area (Å²) in [6.45, 7) is 0.550. The Morgan fingerprint density at radius 2 is 1.62 bits per heavy atom. The zero-order valence-corrected chi connectivity index (χ0v) is 40.4. The van der Waals surface area contributed by atoms with Gasteiger partial charge in [-0.1, -0.05) is 48.5 Å². The van der Waals surface area contributed by atoms with Crippen LogP contribution in [0.15, 0.2) is 72.8 Å². The number of amides is 7. The largest absolute Gasteiger partial charge is 0.384 e. The molecule has 0 aromatic heterocycles. The molecular weight excluding hydrogens is 953 g/mol. The van der Waals surface area contributed by atoms with E-state index < -0.39 is 78.8 Å². The number of unbranched alkanes of at least 4 members (excludes halogenated alkanes) is 1. The van der Waals surface area contributed by atoms with Gasteiger partial charge in [0.05, 0.1) is 48.0 Å². The van der Waals surface area contributed by atoms with Gasteiger partial charge in [-0.05, 0) is 67.5 Å². The van der Waals surface area contributed by atoms with Gasteiger partial charge >= 0.3 is 0 Å². The second-order valence-electron chi connectivity index (χ2n) is 17.3. The molecule has 4 heterocycles. The normalized spacial score (nSPS) is 21.1. The lowest BCUT2D eigenvalue weighted by Gasteiger charge is -2.27. The van der Waals surface area contributed by atoms with Crippen LogP contribution in [0.5, 0.6) is 0 Å². The Morgan fingerprint density at radius 3 is 2.35 bits per heavy atom. The minimum Gasteiger partial charge on any atom is -0.384 e. The standard InChI is InChI=1S/C46H56N8O12S3/c1-68(62,63)53-22-19-32(25-53)41(57)49-35(42(58)52-46-50-36(28-67-46)30-9-3-2-4-10-30)27-66-26-29-13-15-31(16-14-29)40(56)48-20-5-6-23-69(64,65)24-8-21-47-34-12-7-11-33-39(34)45(61)54(44(33)60)37-17-18-38(55)51-43(37)59/h2-4,7,9-16,32,35-37,46-47,50H,5-6,8,17-28H2,1H3,(H,48,56)(H,49,57)(H,52,58)(H,51,55,59)/t32?,35-,36?,37?,46?/m0/s1. The maximum Gasteiger partial charge on any atom is 0.264 e. The minimum absolute atomic E-state index is 0.000492. The van der Waals surface area contributed by atoms with Gasteiger partial charge in [-0.25, -0.2) is 21.1 Å². The van der Waals surface area contributed by atoms with Crippen molar-refractivity contribution in [2.24, 2.45) is 5.92 Å². The van der Waals surface area contributed by atoms with E-state index in [1.807, 2.05) is 30.3 Å². The summed E-state index contributed by atoms with van der Waals surface area (Å²) in [4.78, 5) is 91.0. The molecule has 3 fully saturated rings. The number of thioether (sulfide) groups is 1. The van der Waals surface area contributed by atoms with Crippen LogP contribution in [-0.2, 0) is 50.4 Å². The Balaban J connectivity index is 0.812. The van der Waals surface area contributed by atoms with Crippen LogP contribution >= 0.6 is 11.8 Å². The van der Waals surface area contributed by atoms with Crippen molar-refractivity contribution in [1.82, 2.24) is 35.8 Å². The van der Waals surface area contributed by atoms with Gasteiger partial charge in [0, 0.05) is 55.6 Å². The Labute approximate surface area is 404 Å². The van der Waals surface area contributed by atoms with Gasteiger partial charge < -0.3 is 26.0 Å². The van der Waals surface area contributed by atoms with E-state index in [9.17, 15) is 50.4 Å². The fourth-order valence-corrected chi connectivity index (χ4v) is 11.9. The van der Waals surface area contributed by atoms with Crippen molar-refractivity contribution in [2.75, 3.05) is 61.6 Å². The Hall–Kier alpha value is -5.72. The molecule has 0 aliphatic carbocycles. The van der Waals surface area contributed by atoms with Crippen molar-refractivity contribution < 1.29 is 55.1 Å². The van der Waals surface area contributed by atoms with Crippen LogP contribution in [0.4, 0.5) is 5.69 Å². The third-order valence-electron chi connectivity index (χ3n) is 12.2. The number of fused-ring (bicyclic) bond motifs is 1. The van der Waals surface area contributed by atoms with E-state index in [-0.39, 0.29) is 93.2 Å². The van der Waals surface area contributed by atoms with Gasteiger partial charge in [-0.2, -0.15) is 0 Å². The molecule has 0 bridgehead atoms. The molecule has 0 saturated carbocycles. The molecule has 23 heteroatoms. The number of anilines is 1. The van der Waals surface area contributed by atoms with Gasteiger partial charge in [0.25, 0.3) is 17.7 Å². The van der Waals surface area contributed by atoms with Crippen LogP contribution in [-0.4, -0.2) is 141 Å². The van der Waals surface area contributed by atoms with Crippen LogP contribution < -0.4 is 31.9 Å². The highest BCUT2D eigenvalue weighted by Crippen LogP contribution is 2.33. The zero-order valence-electron chi connectivity index (χ0n) is 37.9. The summed E-state index contributed by atoms with van der Waals surface area (Å²) < 4.78 is 56.9. The fraction of sp³-hybridized carbons (Fsp3) is 0.457.